The average molecular weight is 385 g/mol. The molecule has 0 atom stereocenters. The second-order valence-electron chi connectivity index (χ2n) is 5.10. The summed E-state index contributed by atoms with van der Waals surface area (Å²) in [5.41, 5.74) is 0.531. The van der Waals surface area contributed by atoms with Crippen molar-refractivity contribution in [3.8, 4) is 11.8 Å². The van der Waals surface area contributed by atoms with Gasteiger partial charge in [-0.2, -0.15) is 9.57 Å². The maximum absolute atomic E-state index is 12.9. The van der Waals surface area contributed by atoms with Gasteiger partial charge >= 0.3 is 6.36 Å². The number of hydrogen-bond acceptors (Lipinski definition) is 5. The van der Waals surface area contributed by atoms with Crippen LogP contribution in [0.2, 0.25) is 0 Å². The Hall–Kier alpha value is -2.64. The Morgan fingerprint density at radius 3 is 2.54 bits per heavy atom. The quantitative estimate of drug-likeness (QED) is 0.731. The molecule has 0 N–H and O–H groups in total. The van der Waals surface area contributed by atoms with Crippen LogP contribution >= 0.6 is 0 Å². The number of alkyl halides is 3. The molecule has 0 saturated carbocycles. The summed E-state index contributed by atoms with van der Waals surface area (Å²) in [6, 6.07) is 9.54. The van der Waals surface area contributed by atoms with E-state index in [1.807, 2.05) is 6.07 Å². The molecule has 26 heavy (non-hydrogen) atoms. The molecular weight excluding hydrogens is 371 g/mol. The van der Waals surface area contributed by atoms with Crippen LogP contribution in [0.1, 0.15) is 12.0 Å². The van der Waals surface area contributed by atoms with Crippen molar-refractivity contribution in [2.24, 2.45) is 0 Å². The molecule has 0 fully saturated rings. The Labute approximate surface area is 148 Å². The van der Waals surface area contributed by atoms with Crippen molar-refractivity contribution in [3.05, 3.63) is 54.4 Å². The van der Waals surface area contributed by atoms with Crippen LogP contribution in [0, 0.1) is 11.3 Å². The highest BCUT2D eigenvalue weighted by molar-refractivity contribution is 7.89. The SMILES string of the molecule is N#CCCN(Cc1cccnc1)S(=O)(=O)c1ccccc1OC(F)(F)F. The minimum absolute atomic E-state index is 0.123. The van der Waals surface area contributed by atoms with Crippen LogP contribution in [0.25, 0.3) is 0 Å². The molecule has 0 aliphatic heterocycles. The van der Waals surface area contributed by atoms with E-state index in [9.17, 15) is 21.6 Å². The molecule has 2 aromatic rings. The third-order valence-electron chi connectivity index (χ3n) is 3.25. The Morgan fingerprint density at radius 2 is 1.92 bits per heavy atom. The van der Waals surface area contributed by atoms with Gasteiger partial charge in [-0.05, 0) is 23.8 Å². The highest BCUT2D eigenvalue weighted by Crippen LogP contribution is 2.31. The first-order valence-corrected chi connectivity index (χ1v) is 8.79. The van der Waals surface area contributed by atoms with Crippen LogP contribution in [0.4, 0.5) is 13.2 Å². The zero-order valence-corrected chi connectivity index (χ0v) is 14.2. The van der Waals surface area contributed by atoms with Crippen molar-refractivity contribution >= 4 is 10.0 Å². The summed E-state index contributed by atoms with van der Waals surface area (Å²) >= 11 is 0. The normalized spacial score (nSPS) is 12.0. The molecule has 0 radical (unpaired) electrons. The Balaban J connectivity index is 2.42. The summed E-state index contributed by atoms with van der Waals surface area (Å²) in [5, 5.41) is 8.77. The molecule has 2 rings (SSSR count). The van der Waals surface area contributed by atoms with Gasteiger partial charge in [0.25, 0.3) is 0 Å². The number of ether oxygens (including phenoxy) is 1. The smallest absolute Gasteiger partial charge is 0.404 e. The van der Waals surface area contributed by atoms with Gasteiger partial charge in [0.2, 0.25) is 10.0 Å². The summed E-state index contributed by atoms with van der Waals surface area (Å²) in [7, 11) is -4.35. The Kier molecular flexibility index (Phi) is 6.18. The molecule has 0 aliphatic carbocycles. The number of nitriles is 1. The molecule has 6 nitrogen and oxygen atoms in total. The van der Waals surface area contributed by atoms with E-state index in [-0.39, 0.29) is 19.5 Å². The number of aromatic nitrogens is 1. The lowest BCUT2D eigenvalue weighted by Crippen LogP contribution is -2.32. The minimum atomic E-state index is -5.04. The predicted octanol–water partition coefficient (Wildman–Crippen LogP) is 3.08. The van der Waals surface area contributed by atoms with Gasteiger partial charge in [0.05, 0.1) is 6.07 Å². The molecule has 0 aliphatic rings. The number of pyridine rings is 1. The lowest BCUT2D eigenvalue weighted by atomic mass is 10.3. The van der Waals surface area contributed by atoms with Crippen LogP contribution in [0.5, 0.6) is 5.75 Å². The molecule has 1 heterocycles. The van der Waals surface area contributed by atoms with Crippen LogP contribution in [-0.4, -0.2) is 30.6 Å². The zero-order valence-electron chi connectivity index (χ0n) is 13.3. The molecule has 1 aromatic carbocycles. The largest absolute Gasteiger partial charge is 0.573 e. The van der Waals surface area contributed by atoms with Gasteiger partial charge in [-0.15, -0.1) is 13.2 Å². The Morgan fingerprint density at radius 1 is 1.19 bits per heavy atom. The van der Waals surface area contributed by atoms with E-state index >= 15 is 0 Å². The zero-order chi connectivity index (χ0) is 19.2. The summed E-state index contributed by atoms with van der Waals surface area (Å²) in [6.45, 7) is -0.327. The number of hydrogen-bond donors (Lipinski definition) is 0. The van der Waals surface area contributed by atoms with Crippen molar-refractivity contribution in [1.29, 1.82) is 5.26 Å². The molecule has 0 spiro atoms. The van der Waals surface area contributed by atoms with Gasteiger partial charge in [-0.1, -0.05) is 18.2 Å². The number of nitrogens with zero attached hydrogens (tertiary/aromatic N) is 3. The van der Waals surface area contributed by atoms with E-state index < -0.39 is 27.0 Å². The van der Waals surface area contributed by atoms with Crippen molar-refractivity contribution in [2.45, 2.75) is 24.2 Å². The van der Waals surface area contributed by atoms with Gasteiger partial charge in [0, 0.05) is 31.9 Å². The highest BCUT2D eigenvalue weighted by atomic mass is 32.2. The molecule has 0 amide bonds. The number of rotatable bonds is 7. The first kappa shape index (κ1) is 19.7. The van der Waals surface area contributed by atoms with Gasteiger partial charge < -0.3 is 4.74 Å². The molecule has 10 heteroatoms. The third kappa shape index (κ3) is 5.18. The van der Waals surface area contributed by atoms with Crippen LogP contribution < -0.4 is 4.74 Å². The maximum Gasteiger partial charge on any atom is 0.573 e. The maximum atomic E-state index is 12.9. The predicted molar refractivity (Wildman–Crippen MR) is 85.2 cm³/mol. The Bertz CT molecular complexity index is 881. The fourth-order valence-electron chi connectivity index (χ4n) is 2.17. The molecule has 0 unspecified atom stereocenters. The fourth-order valence-corrected chi connectivity index (χ4v) is 3.71. The number of halogens is 3. The number of benzene rings is 1. The van der Waals surface area contributed by atoms with E-state index in [1.165, 1.54) is 24.5 Å². The standard InChI is InChI=1S/C16H14F3N3O3S/c17-16(18,19)25-14-6-1-2-7-15(14)26(23,24)22(10-4-8-20)12-13-5-3-9-21-11-13/h1-3,5-7,9,11H,4,10,12H2. The van der Waals surface area contributed by atoms with Crippen molar-refractivity contribution < 1.29 is 26.3 Å². The van der Waals surface area contributed by atoms with E-state index in [1.54, 1.807) is 12.1 Å². The molecular formula is C16H14F3N3O3S. The van der Waals surface area contributed by atoms with Crippen LogP contribution in [-0.2, 0) is 16.6 Å². The highest BCUT2D eigenvalue weighted by Gasteiger charge is 2.35. The summed E-state index contributed by atoms with van der Waals surface area (Å²) in [5.74, 6) is -0.826. The van der Waals surface area contributed by atoms with E-state index in [0.717, 1.165) is 16.4 Å². The van der Waals surface area contributed by atoms with Crippen molar-refractivity contribution in [2.75, 3.05) is 6.54 Å². The topological polar surface area (TPSA) is 83.3 Å². The molecule has 0 saturated heterocycles. The summed E-state index contributed by atoms with van der Waals surface area (Å²) in [6.07, 6.45) is -2.22. The van der Waals surface area contributed by atoms with Gasteiger partial charge in [-0.25, -0.2) is 8.42 Å². The molecule has 0 bridgehead atoms. The third-order valence-corrected chi connectivity index (χ3v) is 5.13. The van der Waals surface area contributed by atoms with E-state index in [4.69, 9.17) is 5.26 Å². The summed E-state index contributed by atoms with van der Waals surface area (Å²) < 4.78 is 68.3. The lowest BCUT2D eigenvalue weighted by Gasteiger charge is -2.23. The van der Waals surface area contributed by atoms with E-state index in [0.29, 0.717) is 5.56 Å². The van der Waals surface area contributed by atoms with Crippen LogP contribution in [0.15, 0.2) is 53.7 Å². The average Bonchev–Trinajstić information content (AvgIpc) is 2.58. The number of sulfonamides is 1. The first-order valence-electron chi connectivity index (χ1n) is 7.35. The first-order chi connectivity index (χ1) is 12.2. The van der Waals surface area contributed by atoms with Crippen LogP contribution in [0.3, 0.4) is 0 Å². The number of para-hydroxylation sites is 1. The minimum Gasteiger partial charge on any atom is -0.404 e. The second kappa shape index (κ2) is 8.16. The lowest BCUT2D eigenvalue weighted by molar-refractivity contribution is -0.275. The van der Waals surface area contributed by atoms with Gasteiger partial charge in [0.1, 0.15) is 10.6 Å². The summed E-state index contributed by atoms with van der Waals surface area (Å²) in [4.78, 5) is 3.25. The van der Waals surface area contributed by atoms with Crippen molar-refractivity contribution in [3.63, 3.8) is 0 Å². The van der Waals surface area contributed by atoms with E-state index in [2.05, 4.69) is 9.72 Å². The molecule has 138 valence electrons. The van der Waals surface area contributed by atoms with Gasteiger partial charge in [0.15, 0.2) is 0 Å². The molecule has 1 aromatic heterocycles. The van der Waals surface area contributed by atoms with Gasteiger partial charge in [-0.3, -0.25) is 4.98 Å². The fraction of sp³-hybridized carbons (Fsp3) is 0.250. The second-order valence-corrected chi connectivity index (χ2v) is 7.01. The van der Waals surface area contributed by atoms with Crippen molar-refractivity contribution in [1.82, 2.24) is 9.29 Å². The monoisotopic (exact) mass is 385 g/mol.